The number of methoxy groups -OCH3 is 1. The van der Waals surface area contributed by atoms with Crippen molar-refractivity contribution in [3.8, 4) is 0 Å². The molecule has 0 radical (unpaired) electrons. The zero-order valence-electron chi connectivity index (χ0n) is 9.84. The highest BCUT2D eigenvalue weighted by Crippen LogP contribution is 2.23. The van der Waals surface area contributed by atoms with E-state index in [9.17, 15) is 9.90 Å². The molecule has 0 aliphatic carbocycles. The second-order valence-electron chi connectivity index (χ2n) is 4.86. The van der Waals surface area contributed by atoms with Crippen LogP contribution in [0.1, 0.15) is 34.6 Å². The lowest BCUT2D eigenvalue weighted by atomic mass is 9.91. The second kappa shape index (κ2) is 4.13. The molecule has 0 bridgehead atoms. The van der Waals surface area contributed by atoms with Crippen molar-refractivity contribution in [2.24, 2.45) is 5.41 Å². The van der Waals surface area contributed by atoms with E-state index in [2.05, 4.69) is 0 Å². The lowest BCUT2D eigenvalue weighted by molar-refractivity contribution is -0.132. The van der Waals surface area contributed by atoms with Gasteiger partial charge in [-0.3, -0.25) is 4.79 Å². The van der Waals surface area contributed by atoms with Crippen molar-refractivity contribution in [1.29, 1.82) is 0 Å². The summed E-state index contributed by atoms with van der Waals surface area (Å²) >= 11 is 0. The van der Waals surface area contributed by atoms with Gasteiger partial charge >= 0.3 is 0 Å². The molecule has 0 rings (SSSR count). The van der Waals surface area contributed by atoms with Gasteiger partial charge in [0.1, 0.15) is 11.4 Å². The maximum Gasteiger partial charge on any atom is 0.190 e. The Kier molecular flexibility index (Phi) is 3.89. The summed E-state index contributed by atoms with van der Waals surface area (Å²) in [4.78, 5) is 11.6. The first-order chi connectivity index (χ1) is 6.11. The summed E-state index contributed by atoms with van der Waals surface area (Å²) in [7, 11) is 1.47. The van der Waals surface area contributed by atoms with Crippen LogP contribution >= 0.6 is 0 Å². The van der Waals surface area contributed by atoms with Gasteiger partial charge in [-0.25, -0.2) is 0 Å². The molecule has 0 saturated carbocycles. The number of carbonyl (C=O) groups excluding carboxylic acids is 1. The number of ether oxygens (including phenoxy) is 1. The summed E-state index contributed by atoms with van der Waals surface area (Å²) in [5.41, 5.74) is -1.28. The van der Waals surface area contributed by atoms with Crippen molar-refractivity contribution >= 4 is 5.78 Å². The number of aliphatic hydroxyl groups excluding tert-OH is 1. The molecule has 0 spiro atoms. The summed E-state index contributed by atoms with van der Waals surface area (Å²) in [5.74, 6) is -0.153. The standard InChI is InChI=1S/C11H20O3/c1-10(2,3)8(12)7-9(13)11(4,5)14-6/h7,12H,1-6H3. The highest BCUT2D eigenvalue weighted by Gasteiger charge is 2.27. The average molecular weight is 200 g/mol. The van der Waals surface area contributed by atoms with Crippen molar-refractivity contribution in [2.45, 2.75) is 40.2 Å². The van der Waals surface area contributed by atoms with Gasteiger partial charge < -0.3 is 9.84 Å². The lowest BCUT2D eigenvalue weighted by Crippen LogP contribution is -2.33. The minimum absolute atomic E-state index is 0.0765. The van der Waals surface area contributed by atoms with Crippen LogP contribution in [-0.4, -0.2) is 23.6 Å². The van der Waals surface area contributed by atoms with Gasteiger partial charge in [0, 0.05) is 18.6 Å². The molecule has 14 heavy (non-hydrogen) atoms. The Labute approximate surface area is 85.8 Å². The third kappa shape index (κ3) is 3.50. The molecule has 0 heterocycles. The van der Waals surface area contributed by atoms with Crippen LogP contribution < -0.4 is 0 Å². The monoisotopic (exact) mass is 200 g/mol. The van der Waals surface area contributed by atoms with Crippen LogP contribution in [0.25, 0.3) is 0 Å². The van der Waals surface area contributed by atoms with E-state index in [0.717, 1.165) is 0 Å². The number of hydrogen-bond acceptors (Lipinski definition) is 3. The molecule has 0 aromatic rings. The summed E-state index contributed by atoms with van der Waals surface area (Å²) in [6, 6.07) is 0. The maximum atomic E-state index is 11.6. The van der Waals surface area contributed by atoms with Gasteiger partial charge in [-0.2, -0.15) is 0 Å². The molecule has 3 heteroatoms. The molecule has 3 nitrogen and oxygen atoms in total. The minimum Gasteiger partial charge on any atom is -0.512 e. The Balaban J connectivity index is 4.77. The fraction of sp³-hybridized carbons (Fsp3) is 0.727. The first-order valence-electron chi connectivity index (χ1n) is 4.62. The number of ketones is 1. The van der Waals surface area contributed by atoms with E-state index in [0.29, 0.717) is 0 Å². The molecule has 1 N–H and O–H groups in total. The van der Waals surface area contributed by atoms with Crippen LogP contribution in [-0.2, 0) is 9.53 Å². The maximum absolute atomic E-state index is 11.6. The molecular weight excluding hydrogens is 180 g/mol. The molecule has 0 amide bonds. The first-order valence-corrected chi connectivity index (χ1v) is 4.62. The molecule has 82 valence electrons. The third-order valence-corrected chi connectivity index (χ3v) is 2.14. The molecular formula is C11H20O3. The lowest BCUT2D eigenvalue weighted by Gasteiger charge is -2.22. The number of hydrogen-bond donors (Lipinski definition) is 1. The molecule has 0 atom stereocenters. The number of rotatable bonds is 3. The van der Waals surface area contributed by atoms with Crippen LogP contribution in [0.4, 0.5) is 0 Å². The van der Waals surface area contributed by atoms with E-state index in [1.807, 2.05) is 20.8 Å². The second-order valence-corrected chi connectivity index (χ2v) is 4.86. The Morgan fingerprint density at radius 1 is 1.21 bits per heavy atom. The molecule has 0 unspecified atom stereocenters. The SMILES string of the molecule is COC(C)(C)C(=O)C=C(O)C(C)(C)C. The van der Waals surface area contributed by atoms with Crippen LogP contribution in [0.2, 0.25) is 0 Å². The van der Waals surface area contributed by atoms with Crippen LogP contribution in [0, 0.1) is 5.41 Å². The molecule has 0 aliphatic heterocycles. The quantitative estimate of drug-likeness (QED) is 0.562. The Morgan fingerprint density at radius 2 is 1.64 bits per heavy atom. The van der Waals surface area contributed by atoms with Gasteiger partial charge in [0.25, 0.3) is 0 Å². The van der Waals surface area contributed by atoms with Gasteiger partial charge in [-0.05, 0) is 13.8 Å². The predicted molar refractivity (Wildman–Crippen MR) is 56.3 cm³/mol. The Hall–Kier alpha value is -0.830. The smallest absolute Gasteiger partial charge is 0.190 e. The predicted octanol–water partition coefficient (Wildman–Crippen LogP) is 2.47. The first kappa shape index (κ1) is 13.2. The molecule has 0 saturated heterocycles. The molecule has 0 fully saturated rings. The van der Waals surface area contributed by atoms with Gasteiger partial charge in [0.05, 0.1) is 0 Å². The van der Waals surface area contributed by atoms with E-state index < -0.39 is 11.0 Å². The van der Waals surface area contributed by atoms with Gasteiger partial charge in [-0.15, -0.1) is 0 Å². The normalized spacial score (nSPS) is 14.3. The minimum atomic E-state index is -0.876. The van der Waals surface area contributed by atoms with E-state index in [4.69, 9.17) is 4.74 Å². The molecule has 0 aliphatic rings. The zero-order valence-corrected chi connectivity index (χ0v) is 9.84. The average Bonchev–Trinajstić information content (AvgIpc) is 2.02. The largest absolute Gasteiger partial charge is 0.512 e. The topological polar surface area (TPSA) is 46.5 Å². The zero-order chi connectivity index (χ0) is 11.6. The van der Waals surface area contributed by atoms with Crippen molar-refractivity contribution in [3.63, 3.8) is 0 Å². The van der Waals surface area contributed by atoms with Crippen molar-refractivity contribution < 1.29 is 14.6 Å². The molecule has 0 aromatic heterocycles. The van der Waals surface area contributed by atoms with Gasteiger partial charge in [0.15, 0.2) is 5.78 Å². The highest BCUT2D eigenvalue weighted by molar-refractivity contribution is 5.96. The summed E-state index contributed by atoms with van der Waals surface area (Å²) in [6.45, 7) is 8.85. The Bertz CT molecular complexity index is 244. The Morgan fingerprint density at radius 3 is 1.93 bits per heavy atom. The van der Waals surface area contributed by atoms with E-state index in [-0.39, 0.29) is 11.5 Å². The van der Waals surface area contributed by atoms with Crippen LogP contribution in [0.15, 0.2) is 11.8 Å². The fourth-order valence-corrected chi connectivity index (χ4v) is 0.615. The van der Waals surface area contributed by atoms with E-state index in [1.54, 1.807) is 13.8 Å². The number of allylic oxidation sites excluding steroid dienone is 1. The fourth-order valence-electron chi connectivity index (χ4n) is 0.615. The van der Waals surface area contributed by atoms with Crippen molar-refractivity contribution in [2.75, 3.05) is 7.11 Å². The van der Waals surface area contributed by atoms with Crippen molar-refractivity contribution in [1.82, 2.24) is 0 Å². The summed E-state index contributed by atoms with van der Waals surface area (Å²) in [5, 5.41) is 9.60. The number of aliphatic hydroxyl groups is 1. The number of carbonyl (C=O) groups is 1. The van der Waals surface area contributed by atoms with Gasteiger partial charge in [-0.1, -0.05) is 20.8 Å². The van der Waals surface area contributed by atoms with Crippen LogP contribution in [0.3, 0.4) is 0 Å². The highest BCUT2D eigenvalue weighted by atomic mass is 16.5. The van der Waals surface area contributed by atoms with Crippen LogP contribution in [0.5, 0.6) is 0 Å². The summed E-state index contributed by atoms with van der Waals surface area (Å²) < 4.78 is 5.01. The molecule has 0 aromatic carbocycles. The van der Waals surface area contributed by atoms with E-state index >= 15 is 0 Å². The van der Waals surface area contributed by atoms with E-state index in [1.165, 1.54) is 13.2 Å². The third-order valence-electron chi connectivity index (χ3n) is 2.14. The van der Waals surface area contributed by atoms with Crippen molar-refractivity contribution in [3.05, 3.63) is 11.8 Å². The summed E-state index contributed by atoms with van der Waals surface area (Å²) in [6.07, 6.45) is 1.24. The van der Waals surface area contributed by atoms with Gasteiger partial charge in [0.2, 0.25) is 0 Å².